The lowest BCUT2D eigenvalue weighted by atomic mass is 10.1. The first-order valence-corrected chi connectivity index (χ1v) is 13.8. The Bertz CT molecular complexity index is 1590. The predicted molar refractivity (Wildman–Crippen MR) is 161 cm³/mol. The van der Waals surface area contributed by atoms with Crippen LogP contribution in [0.25, 0.3) is 16.8 Å². The Morgan fingerprint density at radius 3 is 2.62 bits per heavy atom. The van der Waals surface area contributed by atoms with Crippen LogP contribution in [0.2, 0.25) is 10.0 Å². The number of benzene rings is 4. The van der Waals surface area contributed by atoms with Gasteiger partial charge in [0, 0.05) is 5.02 Å². The zero-order valence-corrected chi connectivity index (χ0v) is 24.1. The third-order valence-corrected chi connectivity index (χ3v) is 8.17. The van der Waals surface area contributed by atoms with Crippen LogP contribution in [-0.2, 0) is 11.4 Å². The Hall–Kier alpha value is -2.55. The van der Waals surface area contributed by atoms with Crippen LogP contribution in [0.15, 0.2) is 82.2 Å². The Morgan fingerprint density at radius 1 is 1.05 bits per heavy atom. The zero-order chi connectivity index (χ0) is 26.1. The van der Waals surface area contributed by atoms with Crippen molar-refractivity contribution in [3.8, 4) is 11.5 Å². The van der Waals surface area contributed by atoms with E-state index in [1.54, 1.807) is 31.4 Å². The Morgan fingerprint density at radius 2 is 1.84 bits per heavy atom. The average Bonchev–Trinajstić information content (AvgIpc) is 3.15. The number of hydrogen-bond donors (Lipinski definition) is 0. The third-order valence-electron chi connectivity index (χ3n) is 5.75. The van der Waals surface area contributed by atoms with Gasteiger partial charge in [0.25, 0.3) is 5.91 Å². The van der Waals surface area contributed by atoms with Crippen molar-refractivity contribution in [2.45, 2.75) is 6.61 Å². The molecule has 1 heterocycles. The van der Waals surface area contributed by atoms with Gasteiger partial charge in [-0.3, -0.25) is 9.69 Å². The highest BCUT2D eigenvalue weighted by Crippen LogP contribution is 2.42. The summed E-state index contributed by atoms with van der Waals surface area (Å²) in [4.78, 5) is 15.1. The van der Waals surface area contributed by atoms with Crippen LogP contribution in [0.4, 0.5) is 5.69 Å². The first kappa shape index (κ1) is 26.1. The lowest BCUT2D eigenvalue weighted by molar-refractivity contribution is -0.113. The van der Waals surface area contributed by atoms with E-state index in [0.29, 0.717) is 47.5 Å². The fourth-order valence-electron chi connectivity index (χ4n) is 4.02. The van der Waals surface area contributed by atoms with Gasteiger partial charge in [-0.1, -0.05) is 89.6 Å². The van der Waals surface area contributed by atoms with Crippen molar-refractivity contribution in [2.24, 2.45) is 0 Å². The van der Waals surface area contributed by atoms with Crippen LogP contribution in [0.3, 0.4) is 0 Å². The summed E-state index contributed by atoms with van der Waals surface area (Å²) >= 11 is 22.6. The number of halogens is 3. The molecule has 0 spiro atoms. The largest absolute Gasteiger partial charge is 0.493 e. The number of rotatable bonds is 6. The first-order chi connectivity index (χ1) is 17.9. The van der Waals surface area contributed by atoms with Crippen LogP contribution in [0, 0.1) is 0 Å². The van der Waals surface area contributed by atoms with Crippen molar-refractivity contribution in [1.29, 1.82) is 0 Å². The number of nitrogens with zero attached hydrogens (tertiary/aromatic N) is 1. The number of ether oxygens (including phenoxy) is 2. The minimum atomic E-state index is -0.259. The van der Waals surface area contributed by atoms with Crippen LogP contribution < -0.4 is 14.4 Å². The molecule has 0 aliphatic carbocycles. The van der Waals surface area contributed by atoms with E-state index in [4.69, 9.17) is 44.9 Å². The highest BCUT2D eigenvalue weighted by molar-refractivity contribution is 9.10. The van der Waals surface area contributed by atoms with E-state index >= 15 is 0 Å². The smallest absolute Gasteiger partial charge is 0.270 e. The van der Waals surface area contributed by atoms with Crippen LogP contribution in [-0.4, -0.2) is 17.3 Å². The second-order valence-electron chi connectivity index (χ2n) is 8.07. The number of amides is 1. The molecule has 37 heavy (non-hydrogen) atoms. The number of anilines is 1. The van der Waals surface area contributed by atoms with E-state index in [0.717, 1.165) is 21.9 Å². The van der Waals surface area contributed by atoms with E-state index < -0.39 is 0 Å². The molecule has 4 aromatic rings. The van der Waals surface area contributed by atoms with Crippen molar-refractivity contribution < 1.29 is 14.3 Å². The minimum absolute atomic E-state index is 0.259. The average molecular weight is 631 g/mol. The molecule has 0 bridgehead atoms. The molecule has 4 aromatic carbocycles. The molecule has 1 amide bonds. The molecule has 186 valence electrons. The maximum absolute atomic E-state index is 13.2. The van der Waals surface area contributed by atoms with E-state index in [1.807, 2.05) is 36.4 Å². The van der Waals surface area contributed by atoms with E-state index in [-0.39, 0.29) is 5.91 Å². The molecule has 0 aromatic heterocycles. The summed E-state index contributed by atoms with van der Waals surface area (Å²) in [6, 6.07) is 23.0. The second-order valence-corrected chi connectivity index (χ2v) is 11.4. The molecule has 1 saturated heterocycles. The third kappa shape index (κ3) is 5.38. The van der Waals surface area contributed by atoms with Gasteiger partial charge in [-0.2, -0.15) is 0 Å². The van der Waals surface area contributed by atoms with Crippen molar-refractivity contribution in [3.05, 3.63) is 103 Å². The maximum Gasteiger partial charge on any atom is 0.270 e. The van der Waals surface area contributed by atoms with Crippen LogP contribution in [0.1, 0.15) is 11.1 Å². The molecule has 9 heteroatoms. The molecule has 0 saturated carbocycles. The molecule has 4 nitrogen and oxygen atoms in total. The number of hydrogen-bond acceptors (Lipinski definition) is 5. The number of methoxy groups -OCH3 is 1. The van der Waals surface area contributed by atoms with Crippen molar-refractivity contribution in [1.82, 2.24) is 0 Å². The van der Waals surface area contributed by atoms with Crippen molar-refractivity contribution in [2.75, 3.05) is 12.0 Å². The predicted octanol–water partition coefficient (Wildman–Crippen LogP) is 8.90. The number of fused-ring (bicyclic) bond motifs is 1. The number of carbonyl (C=O) groups excluding carboxylic acids is 1. The maximum atomic E-state index is 13.2. The van der Waals surface area contributed by atoms with E-state index in [1.165, 1.54) is 16.7 Å². The number of thiocarbonyl (C=S) groups is 1. The van der Waals surface area contributed by atoms with Crippen LogP contribution >= 0.6 is 63.1 Å². The van der Waals surface area contributed by atoms with Gasteiger partial charge in [-0.05, 0) is 74.2 Å². The van der Waals surface area contributed by atoms with Gasteiger partial charge >= 0.3 is 0 Å². The highest BCUT2D eigenvalue weighted by atomic mass is 79.9. The Labute approximate surface area is 242 Å². The minimum Gasteiger partial charge on any atom is -0.493 e. The highest BCUT2D eigenvalue weighted by Gasteiger charge is 2.34. The second kappa shape index (κ2) is 11.1. The molecular weight excluding hydrogens is 613 g/mol. The van der Waals surface area contributed by atoms with Gasteiger partial charge in [0.1, 0.15) is 6.61 Å². The zero-order valence-electron chi connectivity index (χ0n) is 19.3. The summed E-state index contributed by atoms with van der Waals surface area (Å²) < 4.78 is 12.9. The number of thioether (sulfide) groups is 1. The molecular formula is C28H18BrCl2NO3S2. The van der Waals surface area contributed by atoms with Gasteiger partial charge in [0.2, 0.25) is 0 Å². The Kier molecular flexibility index (Phi) is 7.79. The molecule has 1 aliphatic rings. The summed E-state index contributed by atoms with van der Waals surface area (Å²) in [5.74, 6) is 0.857. The molecule has 1 aliphatic heterocycles. The molecule has 1 fully saturated rings. The summed E-state index contributed by atoms with van der Waals surface area (Å²) in [6.45, 7) is 0.371. The molecule has 0 unspecified atom stereocenters. The van der Waals surface area contributed by atoms with Gasteiger partial charge in [0.05, 0.1) is 27.2 Å². The van der Waals surface area contributed by atoms with Crippen molar-refractivity contribution in [3.63, 3.8) is 0 Å². The summed E-state index contributed by atoms with van der Waals surface area (Å²) in [5, 5.41) is 3.12. The van der Waals surface area contributed by atoms with E-state index in [2.05, 4.69) is 34.1 Å². The Balaban J connectivity index is 1.41. The van der Waals surface area contributed by atoms with Crippen LogP contribution in [0.5, 0.6) is 11.5 Å². The molecule has 0 radical (unpaired) electrons. The quantitative estimate of drug-likeness (QED) is 0.157. The molecule has 0 N–H and O–H groups in total. The number of carbonyl (C=O) groups is 1. The normalized spacial score (nSPS) is 14.6. The fraction of sp³-hybridized carbons (Fsp3) is 0.0714. The fourth-order valence-corrected chi connectivity index (χ4v) is 6.37. The summed E-state index contributed by atoms with van der Waals surface area (Å²) in [5.41, 5.74) is 2.32. The van der Waals surface area contributed by atoms with Gasteiger partial charge < -0.3 is 9.47 Å². The SMILES string of the molecule is COc1cc(/C=C2\SC(=S)N(c3ccc(Cl)cc3Cl)C2=O)cc(Br)c1OCc1cccc2ccccc12. The first-order valence-electron chi connectivity index (χ1n) is 11.1. The van der Waals surface area contributed by atoms with Gasteiger partial charge in [-0.25, -0.2) is 0 Å². The monoisotopic (exact) mass is 629 g/mol. The lowest BCUT2D eigenvalue weighted by Crippen LogP contribution is -2.27. The lowest BCUT2D eigenvalue weighted by Gasteiger charge is -2.16. The van der Waals surface area contributed by atoms with Gasteiger partial charge in [-0.15, -0.1) is 0 Å². The topological polar surface area (TPSA) is 38.8 Å². The molecule has 5 rings (SSSR count). The van der Waals surface area contributed by atoms with Crippen molar-refractivity contribution >= 4 is 95.9 Å². The summed E-state index contributed by atoms with van der Waals surface area (Å²) in [6.07, 6.45) is 1.77. The van der Waals surface area contributed by atoms with Gasteiger partial charge in [0.15, 0.2) is 15.8 Å². The van der Waals surface area contributed by atoms with E-state index in [9.17, 15) is 4.79 Å². The molecule has 0 atom stereocenters. The summed E-state index contributed by atoms with van der Waals surface area (Å²) in [7, 11) is 1.58. The standard InChI is InChI=1S/C28H18BrCl2NO3S2/c1-34-24-12-16(13-25-27(33)32(28(36)37-25)23-10-9-19(30)14-22(23)31)11-21(29)26(24)35-15-18-7-4-6-17-5-2-3-8-20(17)18/h2-14H,15H2,1H3/b25-13-.